The van der Waals surface area contributed by atoms with Crippen LogP contribution in [0.4, 0.5) is 5.69 Å². The summed E-state index contributed by atoms with van der Waals surface area (Å²) in [5, 5.41) is 3.00. The van der Waals surface area contributed by atoms with E-state index in [2.05, 4.69) is 19.2 Å². The predicted molar refractivity (Wildman–Crippen MR) is 115 cm³/mol. The Bertz CT molecular complexity index is 860. The van der Waals surface area contributed by atoms with E-state index in [1.165, 1.54) is 0 Å². The van der Waals surface area contributed by atoms with E-state index in [0.717, 1.165) is 32.5 Å². The molecule has 0 aliphatic carbocycles. The Hall–Kier alpha value is -2.80. The SMILES string of the molecule is CC[NH+](CC)CCC[C@H](C)NC(=O)c1ccc(CN2C(=O)COc3ccccc32)o1. The minimum Gasteiger partial charge on any atom is -0.482 e. The van der Waals surface area contributed by atoms with Gasteiger partial charge in [0.25, 0.3) is 11.8 Å². The molecule has 0 saturated heterocycles. The molecule has 1 aliphatic heterocycles. The molecule has 7 heteroatoms. The molecule has 1 aromatic carbocycles. The minimum absolute atomic E-state index is 0.00220. The number of ether oxygens (including phenoxy) is 1. The third-order valence-electron chi connectivity index (χ3n) is 5.55. The highest BCUT2D eigenvalue weighted by molar-refractivity contribution is 5.97. The van der Waals surface area contributed by atoms with E-state index in [1.54, 1.807) is 21.9 Å². The van der Waals surface area contributed by atoms with Crippen molar-refractivity contribution in [3.8, 4) is 5.75 Å². The van der Waals surface area contributed by atoms with E-state index in [0.29, 0.717) is 17.2 Å². The first kappa shape index (κ1) is 21.9. The number of para-hydroxylation sites is 2. The van der Waals surface area contributed by atoms with E-state index in [4.69, 9.17) is 9.15 Å². The Morgan fingerprint density at radius 3 is 2.73 bits per heavy atom. The fourth-order valence-electron chi connectivity index (χ4n) is 3.70. The lowest BCUT2D eigenvalue weighted by Crippen LogP contribution is -3.11. The first-order chi connectivity index (χ1) is 14.5. The molecule has 1 aliphatic rings. The first-order valence-electron chi connectivity index (χ1n) is 10.8. The number of rotatable bonds is 10. The third kappa shape index (κ3) is 5.42. The standard InChI is InChI=1S/C23H31N3O4/c1-4-25(5-2)14-8-9-17(3)24-23(28)21-13-12-18(30-21)15-26-19-10-6-7-11-20(19)29-16-22(26)27/h6-7,10-13,17H,4-5,8-9,14-16H2,1-3H3,(H,24,28)/p+1/t17-/m0/s1. The van der Waals surface area contributed by atoms with E-state index in [-0.39, 0.29) is 36.8 Å². The minimum atomic E-state index is -0.224. The number of quaternary nitrogens is 1. The third-order valence-corrected chi connectivity index (χ3v) is 5.55. The number of carbonyl (C=O) groups excluding carboxylic acids is 2. The second-order valence-electron chi connectivity index (χ2n) is 7.73. The summed E-state index contributed by atoms with van der Waals surface area (Å²) in [6.07, 6.45) is 2.00. The van der Waals surface area contributed by atoms with Crippen LogP contribution in [0.5, 0.6) is 5.75 Å². The Morgan fingerprint density at radius 1 is 1.20 bits per heavy atom. The molecule has 2 aromatic rings. The maximum Gasteiger partial charge on any atom is 0.287 e. The predicted octanol–water partition coefficient (Wildman–Crippen LogP) is 2.03. The number of furan rings is 1. The summed E-state index contributed by atoms with van der Waals surface area (Å²) in [4.78, 5) is 28.0. The van der Waals surface area contributed by atoms with Crippen molar-refractivity contribution in [3.05, 3.63) is 47.9 Å². The smallest absolute Gasteiger partial charge is 0.287 e. The number of amides is 2. The number of anilines is 1. The molecule has 1 atom stereocenters. The van der Waals surface area contributed by atoms with Crippen LogP contribution in [-0.2, 0) is 11.3 Å². The number of hydrogen-bond donors (Lipinski definition) is 2. The molecule has 162 valence electrons. The second kappa shape index (κ2) is 10.3. The lowest BCUT2D eigenvalue weighted by molar-refractivity contribution is -0.896. The van der Waals surface area contributed by atoms with Crippen LogP contribution in [-0.4, -0.2) is 44.1 Å². The fourth-order valence-corrected chi connectivity index (χ4v) is 3.70. The van der Waals surface area contributed by atoms with Gasteiger partial charge in [-0.1, -0.05) is 12.1 Å². The number of nitrogens with zero attached hydrogens (tertiary/aromatic N) is 1. The van der Waals surface area contributed by atoms with Crippen LogP contribution in [0.25, 0.3) is 0 Å². The van der Waals surface area contributed by atoms with Crippen LogP contribution in [0.3, 0.4) is 0 Å². The molecule has 7 nitrogen and oxygen atoms in total. The largest absolute Gasteiger partial charge is 0.482 e. The van der Waals surface area contributed by atoms with Gasteiger partial charge in [-0.2, -0.15) is 0 Å². The molecule has 3 rings (SSSR count). The van der Waals surface area contributed by atoms with Crippen molar-refractivity contribution in [1.82, 2.24) is 5.32 Å². The zero-order chi connectivity index (χ0) is 21.5. The maximum absolute atomic E-state index is 12.5. The summed E-state index contributed by atoms with van der Waals surface area (Å²) in [6, 6.07) is 10.9. The van der Waals surface area contributed by atoms with Crippen molar-refractivity contribution in [2.75, 3.05) is 31.1 Å². The molecular weight excluding hydrogens is 382 g/mol. The molecule has 0 saturated carbocycles. The van der Waals surface area contributed by atoms with Crippen LogP contribution in [0.2, 0.25) is 0 Å². The molecule has 2 amide bonds. The summed E-state index contributed by atoms with van der Waals surface area (Å²) in [7, 11) is 0. The summed E-state index contributed by atoms with van der Waals surface area (Å²) < 4.78 is 11.2. The van der Waals surface area contributed by atoms with Crippen molar-refractivity contribution in [3.63, 3.8) is 0 Å². The van der Waals surface area contributed by atoms with Gasteiger partial charge in [-0.25, -0.2) is 0 Å². The molecule has 0 bridgehead atoms. The summed E-state index contributed by atoms with van der Waals surface area (Å²) >= 11 is 0. The molecular formula is C23H32N3O4+. The van der Waals surface area contributed by atoms with E-state index >= 15 is 0 Å². The summed E-state index contributed by atoms with van der Waals surface area (Å²) in [5.74, 6) is 1.13. The van der Waals surface area contributed by atoms with Gasteiger partial charge in [-0.15, -0.1) is 0 Å². The number of benzene rings is 1. The van der Waals surface area contributed by atoms with Crippen LogP contribution in [0.15, 0.2) is 40.8 Å². The van der Waals surface area contributed by atoms with Crippen LogP contribution in [0.1, 0.15) is 49.9 Å². The monoisotopic (exact) mass is 414 g/mol. The maximum atomic E-state index is 12.5. The van der Waals surface area contributed by atoms with Gasteiger partial charge in [-0.05, 0) is 57.9 Å². The van der Waals surface area contributed by atoms with Gasteiger partial charge in [0.2, 0.25) is 0 Å². The number of nitrogens with one attached hydrogen (secondary N) is 2. The highest BCUT2D eigenvalue weighted by atomic mass is 16.5. The van der Waals surface area contributed by atoms with Gasteiger partial charge in [0.1, 0.15) is 11.5 Å². The van der Waals surface area contributed by atoms with Gasteiger partial charge < -0.3 is 19.4 Å². The fraction of sp³-hybridized carbons (Fsp3) is 0.478. The van der Waals surface area contributed by atoms with Gasteiger partial charge in [0.15, 0.2) is 12.4 Å². The van der Waals surface area contributed by atoms with Gasteiger partial charge in [0, 0.05) is 6.04 Å². The molecule has 2 N–H and O–H groups in total. The van der Waals surface area contributed by atoms with Gasteiger partial charge >= 0.3 is 0 Å². The average Bonchev–Trinajstić information content (AvgIpc) is 3.22. The highest BCUT2D eigenvalue weighted by Crippen LogP contribution is 2.32. The molecule has 0 radical (unpaired) electrons. The second-order valence-corrected chi connectivity index (χ2v) is 7.73. The molecule has 30 heavy (non-hydrogen) atoms. The summed E-state index contributed by atoms with van der Waals surface area (Å²) in [6.45, 7) is 10.0. The number of hydrogen-bond acceptors (Lipinski definition) is 4. The average molecular weight is 415 g/mol. The highest BCUT2D eigenvalue weighted by Gasteiger charge is 2.26. The molecule has 2 heterocycles. The van der Waals surface area contributed by atoms with Crippen molar-refractivity contribution < 1.29 is 23.6 Å². The lowest BCUT2D eigenvalue weighted by atomic mass is 10.1. The lowest BCUT2D eigenvalue weighted by Gasteiger charge is -2.28. The molecule has 0 spiro atoms. The van der Waals surface area contributed by atoms with Crippen molar-refractivity contribution >= 4 is 17.5 Å². The van der Waals surface area contributed by atoms with Gasteiger partial charge in [0.05, 0.1) is 31.9 Å². The van der Waals surface area contributed by atoms with E-state index < -0.39 is 0 Å². The first-order valence-corrected chi connectivity index (χ1v) is 10.8. The van der Waals surface area contributed by atoms with Crippen LogP contribution >= 0.6 is 0 Å². The van der Waals surface area contributed by atoms with Crippen LogP contribution in [0, 0.1) is 0 Å². The molecule has 0 unspecified atom stereocenters. The van der Waals surface area contributed by atoms with Crippen molar-refractivity contribution in [2.45, 2.75) is 46.2 Å². The molecule has 1 aromatic heterocycles. The molecule has 0 fully saturated rings. The van der Waals surface area contributed by atoms with Crippen LogP contribution < -0.4 is 19.9 Å². The quantitative estimate of drug-likeness (QED) is 0.624. The topological polar surface area (TPSA) is 76.2 Å². The Kier molecular flexibility index (Phi) is 7.52. The Morgan fingerprint density at radius 2 is 1.97 bits per heavy atom. The van der Waals surface area contributed by atoms with E-state index in [9.17, 15) is 9.59 Å². The Labute approximate surface area is 178 Å². The number of fused-ring (bicyclic) bond motifs is 1. The van der Waals surface area contributed by atoms with Crippen molar-refractivity contribution in [1.29, 1.82) is 0 Å². The Balaban J connectivity index is 1.55. The summed E-state index contributed by atoms with van der Waals surface area (Å²) in [5.41, 5.74) is 0.708. The zero-order valence-corrected chi connectivity index (χ0v) is 18.1. The van der Waals surface area contributed by atoms with Gasteiger partial charge in [-0.3, -0.25) is 14.5 Å². The van der Waals surface area contributed by atoms with E-state index in [1.807, 2.05) is 31.2 Å². The van der Waals surface area contributed by atoms with Crippen molar-refractivity contribution in [2.24, 2.45) is 0 Å². The normalized spacial score (nSPS) is 14.4. The zero-order valence-electron chi connectivity index (χ0n) is 18.1. The number of carbonyl (C=O) groups is 2.